The average molecular weight is 449 g/mol. The second-order valence-electron chi connectivity index (χ2n) is 7.76. The average Bonchev–Trinajstić information content (AvgIpc) is 2.82. The molecule has 0 saturated carbocycles. The van der Waals surface area contributed by atoms with Gasteiger partial charge in [-0.25, -0.2) is 0 Å². The van der Waals surface area contributed by atoms with Crippen molar-refractivity contribution in [3.05, 3.63) is 107 Å². The predicted molar refractivity (Wildman–Crippen MR) is 129 cm³/mol. The van der Waals surface area contributed by atoms with Crippen molar-refractivity contribution in [2.45, 2.75) is 38.8 Å². The standard InChI is InChI=1S/C27H29ClN2O2/c1-3-29-27(32)20(2)30(19-23-16-10-11-17-25(23)28)26(31)18-24(21-12-6-4-7-13-21)22-14-8-5-9-15-22/h4-17,20,24H,3,18-19H2,1-2H3,(H,29,32)/t20-/m0/s1. The van der Waals surface area contributed by atoms with Crippen LogP contribution < -0.4 is 5.32 Å². The lowest BCUT2D eigenvalue weighted by Crippen LogP contribution is -2.47. The quantitative estimate of drug-likeness (QED) is 0.475. The van der Waals surface area contributed by atoms with Crippen LogP contribution >= 0.6 is 11.6 Å². The maximum atomic E-state index is 13.7. The summed E-state index contributed by atoms with van der Waals surface area (Å²) >= 11 is 6.38. The van der Waals surface area contributed by atoms with Gasteiger partial charge in [-0.15, -0.1) is 0 Å². The van der Waals surface area contributed by atoms with Gasteiger partial charge in [0.05, 0.1) is 0 Å². The number of amides is 2. The molecule has 1 N–H and O–H groups in total. The molecule has 0 saturated heterocycles. The van der Waals surface area contributed by atoms with Crippen molar-refractivity contribution in [3.8, 4) is 0 Å². The number of hydrogen-bond donors (Lipinski definition) is 1. The Balaban J connectivity index is 1.92. The molecule has 1 atom stereocenters. The summed E-state index contributed by atoms with van der Waals surface area (Å²) in [6.07, 6.45) is 0.252. The largest absolute Gasteiger partial charge is 0.355 e. The first kappa shape index (κ1) is 23.6. The Kier molecular flexibility index (Phi) is 8.46. The van der Waals surface area contributed by atoms with Crippen molar-refractivity contribution in [3.63, 3.8) is 0 Å². The highest BCUT2D eigenvalue weighted by molar-refractivity contribution is 6.31. The Morgan fingerprint density at radius 2 is 1.41 bits per heavy atom. The number of nitrogens with one attached hydrogen (secondary N) is 1. The van der Waals surface area contributed by atoms with E-state index in [9.17, 15) is 9.59 Å². The van der Waals surface area contributed by atoms with E-state index in [0.29, 0.717) is 11.6 Å². The number of hydrogen-bond acceptors (Lipinski definition) is 2. The van der Waals surface area contributed by atoms with Crippen molar-refractivity contribution in [2.75, 3.05) is 6.54 Å². The number of benzene rings is 3. The molecule has 0 aliphatic carbocycles. The van der Waals surface area contributed by atoms with Gasteiger partial charge >= 0.3 is 0 Å². The van der Waals surface area contributed by atoms with E-state index < -0.39 is 6.04 Å². The van der Waals surface area contributed by atoms with Crippen LogP contribution in [-0.2, 0) is 16.1 Å². The summed E-state index contributed by atoms with van der Waals surface area (Å²) in [7, 11) is 0. The highest BCUT2D eigenvalue weighted by Gasteiger charge is 2.29. The van der Waals surface area contributed by atoms with Crippen LogP contribution in [0.3, 0.4) is 0 Å². The van der Waals surface area contributed by atoms with E-state index >= 15 is 0 Å². The zero-order valence-electron chi connectivity index (χ0n) is 18.5. The molecular formula is C27H29ClN2O2. The fourth-order valence-corrected chi connectivity index (χ4v) is 4.00. The number of nitrogens with zero attached hydrogens (tertiary/aromatic N) is 1. The predicted octanol–water partition coefficient (Wildman–Crippen LogP) is 5.42. The molecule has 0 aliphatic rings. The van der Waals surface area contributed by atoms with Crippen LogP contribution in [0.15, 0.2) is 84.9 Å². The van der Waals surface area contributed by atoms with Crippen LogP contribution in [0.5, 0.6) is 0 Å². The zero-order chi connectivity index (χ0) is 22.9. The Morgan fingerprint density at radius 1 is 0.875 bits per heavy atom. The summed E-state index contributed by atoms with van der Waals surface area (Å²) in [6.45, 7) is 4.41. The van der Waals surface area contributed by atoms with Gasteiger partial charge in [0, 0.05) is 30.5 Å². The van der Waals surface area contributed by atoms with Crippen molar-refractivity contribution in [2.24, 2.45) is 0 Å². The molecule has 0 bridgehead atoms. The second kappa shape index (κ2) is 11.5. The van der Waals surface area contributed by atoms with Crippen molar-refractivity contribution >= 4 is 23.4 Å². The molecule has 0 fully saturated rings. The smallest absolute Gasteiger partial charge is 0.242 e. The van der Waals surface area contributed by atoms with E-state index in [1.165, 1.54) is 0 Å². The van der Waals surface area contributed by atoms with Crippen molar-refractivity contribution < 1.29 is 9.59 Å². The van der Waals surface area contributed by atoms with E-state index in [1.54, 1.807) is 17.9 Å². The molecule has 0 unspecified atom stereocenters. The molecule has 2 amide bonds. The number of carbonyl (C=O) groups excluding carboxylic acids is 2. The summed E-state index contributed by atoms with van der Waals surface area (Å²) in [5.41, 5.74) is 2.94. The molecular weight excluding hydrogens is 420 g/mol. The second-order valence-corrected chi connectivity index (χ2v) is 8.17. The van der Waals surface area contributed by atoms with Gasteiger partial charge in [0.15, 0.2) is 0 Å². The first-order chi connectivity index (χ1) is 15.5. The zero-order valence-corrected chi connectivity index (χ0v) is 19.3. The van der Waals surface area contributed by atoms with Gasteiger partial charge in [0.25, 0.3) is 0 Å². The van der Waals surface area contributed by atoms with E-state index in [0.717, 1.165) is 16.7 Å². The molecule has 3 aromatic carbocycles. The third-order valence-electron chi connectivity index (χ3n) is 5.60. The van der Waals surface area contributed by atoms with E-state index in [1.807, 2.05) is 85.8 Å². The minimum atomic E-state index is -0.620. The van der Waals surface area contributed by atoms with Gasteiger partial charge in [-0.2, -0.15) is 0 Å². The number of halogens is 1. The number of carbonyl (C=O) groups is 2. The van der Waals surface area contributed by atoms with Crippen LogP contribution in [0.1, 0.15) is 42.9 Å². The Hall–Kier alpha value is -3.11. The highest BCUT2D eigenvalue weighted by Crippen LogP contribution is 2.29. The third-order valence-corrected chi connectivity index (χ3v) is 5.97. The normalized spacial score (nSPS) is 11.8. The molecule has 32 heavy (non-hydrogen) atoms. The maximum Gasteiger partial charge on any atom is 0.242 e. The minimum Gasteiger partial charge on any atom is -0.355 e. The summed E-state index contributed by atoms with van der Waals surface area (Å²) < 4.78 is 0. The SMILES string of the molecule is CCNC(=O)[C@H](C)N(Cc1ccccc1Cl)C(=O)CC(c1ccccc1)c1ccccc1. The molecule has 0 heterocycles. The summed E-state index contributed by atoms with van der Waals surface area (Å²) in [4.78, 5) is 28.0. The van der Waals surface area contributed by atoms with E-state index in [4.69, 9.17) is 11.6 Å². The van der Waals surface area contributed by atoms with Crippen LogP contribution in [-0.4, -0.2) is 29.3 Å². The van der Waals surface area contributed by atoms with Gasteiger partial charge < -0.3 is 10.2 Å². The van der Waals surface area contributed by atoms with Crippen LogP contribution in [0.25, 0.3) is 0 Å². The van der Waals surface area contributed by atoms with E-state index in [-0.39, 0.29) is 30.7 Å². The van der Waals surface area contributed by atoms with Crippen LogP contribution in [0.2, 0.25) is 5.02 Å². The fraction of sp³-hybridized carbons (Fsp3) is 0.259. The maximum absolute atomic E-state index is 13.7. The van der Waals surface area contributed by atoms with Crippen molar-refractivity contribution in [1.29, 1.82) is 0 Å². The lowest BCUT2D eigenvalue weighted by Gasteiger charge is -2.30. The lowest BCUT2D eigenvalue weighted by atomic mass is 9.88. The molecule has 3 aromatic rings. The molecule has 3 rings (SSSR count). The summed E-state index contributed by atoms with van der Waals surface area (Å²) in [5, 5.41) is 3.41. The van der Waals surface area contributed by atoms with E-state index in [2.05, 4.69) is 5.32 Å². The van der Waals surface area contributed by atoms with Gasteiger partial charge in [0.2, 0.25) is 11.8 Å². The Morgan fingerprint density at radius 3 is 1.94 bits per heavy atom. The minimum absolute atomic E-state index is 0.0959. The molecule has 0 spiro atoms. The molecule has 4 nitrogen and oxygen atoms in total. The van der Waals surface area contributed by atoms with Crippen molar-refractivity contribution in [1.82, 2.24) is 10.2 Å². The number of likely N-dealkylation sites (N-methyl/N-ethyl adjacent to an activating group) is 1. The monoisotopic (exact) mass is 448 g/mol. The Bertz CT molecular complexity index is 985. The topological polar surface area (TPSA) is 49.4 Å². The highest BCUT2D eigenvalue weighted by atomic mass is 35.5. The molecule has 0 aromatic heterocycles. The summed E-state index contributed by atoms with van der Waals surface area (Å²) in [6, 6.07) is 26.8. The number of rotatable bonds is 9. The van der Waals surface area contributed by atoms with Gasteiger partial charge in [-0.1, -0.05) is 90.5 Å². The first-order valence-electron chi connectivity index (χ1n) is 10.9. The van der Waals surface area contributed by atoms with Crippen LogP contribution in [0, 0.1) is 0 Å². The first-order valence-corrected chi connectivity index (χ1v) is 11.3. The lowest BCUT2D eigenvalue weighted by molar-refractivity contribution is -0.140. The summed E-state index contributed by atoms with van der Waals surface area (Å²) in [5.74, 6) is -0.384. The molecule has 166 valence electrons. The molecule has 0 radical (unpaired) electrons. The third kappa shape index (κ3) is 5.98. The van der Waals surface area contributed by atoms with Gasteiger partial charge in [0.1, 0.15) is 6.04 Å². The van der Waals surface area contributed by atoms with Gasteiger partial charge in [-0.05, 0) is 36.6 Å². The fourth-order valence-electron chi connectivity index (χ4n) is 3.81. The molecule has 5 heteroatoms. The molecule has 0 aliphatic heterocycles. The van der Waals surface area contributed by atoms with Crippen LogP contribution in [0.4, 0.5) is 0 Å². The van der Waals surface area contributed by atoms with Gasteiger partial charge in [-0.3, -0.25) is 9.59 Å². The Labute approximate surface area is 195 Å².